The van der Waals surface area contributed by atoms with E-state index in [4.69, 9.17) is 4.98 Å². The summed E-state index contributed by atoms with van der Waals surface area (Å²) in [5.74, 6) is 1.33. The highest BCUT2D eigenvalue weighted by Gasteiger charge is 2.34. The number of hydrogen-bond donors (Lipinski definition) is 0. The van der Waals surface area contributed by atoms with Gasteiger partial charge in [0.2, 0.25) is 5.91 Å². The zero-order chi connectivity index (χ0) is 24.4. The van der Waals surface area contributed by atoms with Gasteiger partial charge in [0.05, 0.1) is 23.5 Å². The average molecular weight is 473 g/mol. The summed E-state index contributed by atoms with van der Waals surface area (Å²) in [6.45, 7) is 7.10. The first kappa shape index (κ1) is 23.7. The highest BCUT2D eigenvalue weighted by atomic mass is 16.2. The Hall–Kier alpha value is -2.99. The molecule has 2 fully saturated rings. The van der Waals surface area contributed by atoms with Crippen LogP contribution in [0.25, 0.3) is 10.9 Å². The molecule has 2 heterocycles. The number of amides is 1. The minimum absolute atomic E-state index is 0.000429. The van der Waals surface area contributed by atoms with Gasteiger partial charge < -0.3 is 4.90 Å². The molecule has 35 heavy (non-hydrogen) atoms. The van der Waals surface area contributed by atoms with Crippen LogP contribution in [0.3, 0.4) is 0 Å². The van der Waals surface area contributed by atoms with Crippen molar-refractivity contribution >= 4 is 16.8 Å². The Labute approximate surface area is 207 Å². The van der Waals surface area contributed by atoms with Crippen molar-refractivity contribution in [1.29, 1.82) is 0 Å². The van der Waals surface area contributed by atoms with E-state index in [1.165, 1.54) is 19.3 Å². The molecule has 1 saturated carbocycles. The van der Waals surface area contributed by atoms with E-state index in [0.29, 0.717) is 17.8 Å². The summed E-state index contributed by atoms with van der Waals surface area (Å²) in [6.07, 6.45) is 5.68. The first-order chi connectivity index (χ1) is 17.0. The smallest absolute Gasteiger partial charge is 0.261 e. The molecule has 6 nitrogen and oxygen atoms in total. The van der Waals surface area contributed by atoms with Gasteiger partial charge in [-0.2, -0.15) is 0 Å². The second kappa shape index (κ2) is 10.3. The summed E-state index contributed by atoms with van der Waals surface area (Å²) in [5.41, 5.74) is 1.82. The lowest BCUT2D eigenvalue weighted by Gasteiger charge is -2.44. The van der Waals surface area contributed by atoms with Gasteiger partial charge in [0.25, 0.3) is 5.56 Å². The Morgan fingerprint density at radius 1 is 1.00 bits per heavy atom. The van der Waals surface area contributed by atoms with Gasteiger partial charge in [-0.15, -0.1) is 0 Å². The van der Waals surface area contributed by atoms with E-state index in [-0.39, 0.29) is 23.6 Å². The number of nitrogens with zero attached hydrogens (tertiary/aromatic N) is 4. The SMILES string of the molecule is CC(c1nc2ccccc2c(=O)n1Cc1ccccc1)N1CCN(C(=O)C2CCCCC2)C(C)C1. The molecule has 2 unspecified atom stereocenters. The molecule has 5 rings (SSSR count). The van der Waals surface area contributed by atoms with Gasteiger partial charge in [-0.05, 0) is 44.4 Å². The van der Waals surface area contributed by atoms with Crippen LogP contribution in [0.5, 0.6) is 0 Å². The molecular weight excluding hydrogens is 436 g/mol. The van der Waals surface area contributed by atoms with Crippen LogP contribution in [-0.2, 0) is 11.3 Å². The number of fused-ring (bicyclic) bond motifs is 1. The van der Waals surface area contributed by atoms with Crippen molar-refractivity contribution in [3.8, 4) is 0 Å². The molecule has 0 spiro atoms. The lowest BCUT2D eigenvalue weighted by atomic mass is 9.87. The molecule has 1 aliphatic heterocycles. The van der Waals surface area contributed by atoms with Crippen LogP contribution in [0, 0.1) is 5.92 Å². The molecule has 1 aromatic heterocycles. The Kier molecular flexibility index (Phi) is 7.00. The van der Waals surface area contributed by atoms with Crippen molar-refractivity contribution in [2.75, 3.05) is 19.6 Å². The predicted octanol–water partition coefficient (Wildman–Crippen LogP) is 4.62. The number of benzene rings is 2. The monoisotopic (exact) mass is 472 g/mol. The van der Waals surface area contributed by atoms with Crippen LogP contribution in [0.4, 0.5) is 0 Å². The van der Waals surface area contributed by atoms with E-state index in [9.17, 15) is 9.59 Å². The highest BCUT2D eigenvalue weighted by Crippen LogP contribution is 2.29. The normalized spacial score (nSPS) is 20.7. The second-order valence-electron chi connectivity index (χ2n) is 10.3. The number of para-hydroxylation sites is 1. The molecule has 1 amide bonds. The predicted molar refractivity (Wildman–Crippen MR) is 139 cm³/mol. The second-order valence-corrected chi connectivity index (χ2v) is 10.3. The van der Waals surface area contributed by atoms with Crippen LogP contribution in [0.1, 0.15) is 63.4 Å². The average Bonchev–Trinajstić information content (AvgIpc) is 2.90. The van der Waals surface area contributed by atoms with Gasteiger partial charge in [0.15, 0.2) is 0 Å². The number of hydrogen-bond acceptors (Lipinski definition) is 4. The molecule has 0 N–H and O–H groups in total. The van der Waals surface area contributed by atoms with Crippen molar-refractivity contribution < 1.29 is 4.79 Å². The van der Waals surface area contributed by atoms with Crippen LogP contribution in [0.15, 0.2) is 59.4 Å². The van der Waals surface area contributed by atoms with Gasteiger partial charge in [-0.3, -0.25) is 19.1 Å². The van der Waals surface area contributed by atoms with E-state index in [1.54, 1.807) is 0 Å². The van der Waals surface area contributed by atoms with Gasteiger partial charge in [-0.25, -0.2) is 4.98 Å². The van der Waals surface area contributed by atoms with Gasteiger partial charge in [0, 0.05) is 31.6 Å². The standard InChI is InChI=1S/C29H36N4O2/c1-21-19-31(17-18-32(21)28(34)24-13-7-4-8-14-24)22(2)27-30-26-16-10-9-15-25(26)29(35)33(27)20-23-11-5-3-6-12-23/h3,5-6,9-12,15-16,21-22,24H,4,7-8,13-14,17-20H2,1-2H3. The van der Waals surface area contributed by atoms with E-state index in [0.717, 1.165) is 49.4 Å². The number of piperazine rings is 1. The maximum atomic E-state index is 13.6. The van der Waals surface area contributed by atoms with E-state index < -0.39 is 0 Å². The molecule has 6 heteroatoms. The molecule has 2 atom stereocenters. The van der Waals surface area contributed by atoms with Crippen molar-refractivity contribution in [2.24, 2.45) is 5.92 Å². The molecule has 0 radical (unpaired) electrons. The first-order valence-electron chi connectivity index (χ1n) is 13.1. The number of rotatable bonds is 5. The van der Waals surface area contributed by atoms with Crippen molar-refractivity contribution in [3.05, 3.63) is 76.3 Å². The summed E-state index contributed by atoms with van der Waals surface area (Å²) in [7, 11) is 0. The summed E-state index contributed by atoms with van der Waals surface area (Å²) in [4.78, 5) is 36.3. The van der Waals surface area contributed by atoms with E-state index in [1.807, 2.05) is 59.2 Å². The number of carbonyl (C=O) groups excluding carboxylic acids is 1. The maximum absolute atomic E-state index is 13.6. The van der Waals surface area contributed by atoms with Crippen LogP contribution in [0.2, 0.25) is 0 Å². The zero-order valence-corrected chi connectivity index (χ0v) is 20.9. The maximum Gasteiger partial charge on any atom is 0.261 e. The van der Waals surface area contributed by atoms with Gasteiger partial charge in [0.1, 0.15) is 5.82 Å². The van der Waals surface area contributed by atoms with E-state index in [2.05, 4.69) is 23.6 Å². The van der Waals surface area contributed by atoms with Gasteiger partial charge >= 0.3 is 0 Å². The van der Waals surface area contributed by atoms with E-state index >= 15 is 0 Å². The van der Waals surface area contributed by atoms with Crippen molar-refractivity contribution in [1.82, 2.24) is 19.4 Å². The van der Waals surface area contributed by atoms with Crippen LogP contribution < -0.4 is 5.56 Å². The third-order valence-corrected chi connectivity index (χ3v) is 7.89. The fraction of sp³-hybridized carbons (Fsp3) is 0.483. The Balaban J connectivity index is 1.41. The number of aromatic nitrogens is 2. The topological polar surface area (TPSA) is 58.4 Å². The summed E-state index contributed by atoms with van der Waals surface area (Å²) in [6, 6.07) is 17.8. The largest absolute Gasteiger partial charge is 0.337 e. The molecule has 2 aromatic carbocycles. The molecule has 0 bridgehead atoms. The lowest BCUT2D eigenvalue weighted by Crippen LogP contribution is -2.56. The minimum Gasteiger partial charge on any atom is -0.337 e. The van der Waals surface area contributed by atoms with Gasteiger partial charge in [-0.1, -0.05) is 61.7 Å². The third-order valence-electron chi connectivity index (χ3n) is 7.89. The molecule has 184 valence electrons. The molecule has 1 aliphatic carbocycles. The summed E-state index contributed by atoms with van der Waals surface area (Å²) in [5, 5.41) is 0.649. The lowest BCUT2D eigenvalue weighted by molar-refractivity contribution is -0.141. The fourth-order valence-electron chi connectivity index (χ4n) is 5.84. The molecule has 1 saturated heterocycles. The quantitative estimate of drug-likeness (QED) is 0.544. The summed E-state index contributed by atoms with van der Waals surface area (Å²) < 4.78 is 1.84. The fourth-order valence-corrected chi connectivity index (χ4v) is 5.84. The number of carbonyl (C=O) groups is 1. The molecule has 3 aromatic rings. The zero-order valence-electron chi connectivity index (χ0n) is 20.9. The summed E-state index contributed by atoms with van der Waals surface area (Å²) >= 11 is 0. The molecular formula is C29H36N4O2. The first-order valence-corrected chi connectivity index (χ1v) is 13.1. The highest BCUT2D eigenvalue weighted by molar-refractivity contribution is 5.79. The van der Waals surface area contributed by atoms with Crippen molar-refractivity contribution in [3.63, 3.8) is 0 Å². The Morgan fingerprint density at radius 3 is 2.46 bits per heavy atom. The Bertz CT molecular complexity index is 1230. The van der Waals surface area contributed by atoms with Crippen LogP contribution >= 0.6 is 0 Å². The molecule has 2 aliphatic rings. The van der Waals surface area contributed by atoms with Crippen LogP contribution in [-0.4, -0.2) is 50.9 Å². The minimum atomic E-state index is -0.0367. The Morgan fingerprint density at radius 2 is 1.71 bits per heavy atom. The van der Waals surface area contributed by atoms with Crippen molar-refractivity contribution in [2.45, 2.75) is 64.6 Å². The third kappa shape index (κ3) is 4.90.